The molecule has 0 radical (unpaired) electrons. The van der Waals surface area contributed by atoms with Crippen molar-refractivity contribution in [2.45, 2.75) is 13.8 Å². The Hall–Kier alpha value is -3.48. The van der Waals surface area contributed by atoms with Crippen molar-refractivity contribution in [3.8, 4) is 0 Å². The number of carbonyl (C=O) groups is 2. The Balaban J connectivity index is 1.46. The van der Waals surface area contributed by atoms with E-state index in [2.05, 4.69) is 58.1 Å². The molecule has 7 nitrogen and oxygen atoms in total. The van der Waals surface area contributed by atoms with Gasteiger partial charge in [0.15, 0.2) is 0 Å². The van der Waals surface area contributed by atoms with E-state index in [0.29, 0.717) is 18.7 Å². The molecule has 0 bridgehead atoms. The van der Waals surface area contributed by atoms with Crippen molar-refractivity contribution in [2.75, 3.05) is 24.5 Å². The number of nitrogens with zero attached hydrogens (tertiary/aromatic N) is 1. The highest BCUT2D eigenvalue weighted by Crippen LogP contribution is 2.17. The topological polar surface area (TPSA) is 89.3 Å². The minimum absolute atomic E-state index is 0.373. The number of aromatic amines is 1. The molecule has 0 atom stereocenters. The number of carbonyl (C=O) groups excluding carboxylic acids is 2. The average Bonchev–Trinajstić information content (AvgIpc) is 3.13. The van der Waals surface area contributed by atoms with Gasteiger partial charge in [0.05, 0.1) is 5.56 Å². The molecule has 146 valence electrons. The van der Waals surface area contributed by atoms with E-state index in [9.17, 15) is 9.59 Å². The molecule has 0 spiro atoms. The van der Waals surface area contributed by atoms with Crippen LogP contribution in [-0.4, -0.2) is 36.6 Å². The second-order valence-electron chi connectivity index (χ2n) is 6.50. The number of benzene rings is 2. The van der Waals surface area contributed by atoms with Crippen LogP contribution < -0.4 is 21.1 Å². The Kier molecular flexibility index (Phi) is 6.16. The van der Waals surface area contributed by atoms with Crippen molar-refractivity contribution in [3.05, 3.63) is 65.9 Å². The van der Waals surface area contributed by atoms with Gasteiger partial charge in [-0.2, -0.15) is 0 Å². The van der Waals surface area contributed by atoms with E-state index in [1.165, 1.54) is 5.56 Å². The second kappa shape index (κ2) is 8.94. The van der Waals surface area contributed by atoms with Crippen LogP contribution in [0.3, 0.4) is 0 Å². The van der Waals surface area contributed by atoms with Gasteiger partial charge in [-0.15, -0.1) is 0 Å². The fraction of sp³-hybridized carbons (Fsp3) is 0.238. The zero-order valence-electron chi connectivity index (χ0n) is 16.1. The number of hydrogen-bond acceptors (Lipinski definition) is 3. The monoisotopic (exact) mass is 379 g/mol. The maximum absolute atomic E-state index is 12.3. The summed E-state index contributed by atoms with van der Waals surface area (Å²) in [5.41, 5.74) is 8.49. The van der Waals surface area contributed by atoms with Crippen LogP contribution in [0, 0.1) is 6.92 Å². The zero-order valence-corrected chi connectivity index (χ0v) is 16.1. The number of aryl methyl sites for hydroxylation is 1. The number of hydrogen-bond donors (Lipinski definition) is 4. The molecule has 1 aromatic heterocycles. The highest BCUT2D eigenvalue weighted by atomic mass is 16.2. The first-order valence-corrected chi connectivity index (χ1v) is 9.30. The molecule has 4 N–H and O–H groups in total. The third kappa shape index (κ3) is 4.62. The summed E-state index contributed by atoms with van der Waals surface area (Å²) in [6.45, 7) is 6.09. The van der Waals surface area contributed by atoms with E-state index in [4.69, 9.17) is 0 Å². The SMILES string of the molecule is CCN(CCNC(=O)NNC(=O)c1c[nH]c2ccccc12)c1cccc(C)c1. The van der Waals surface area contributed by atoms with E-state index < -0.39 is 6.03 Å². The lowest BCUT2D eigenvalue weighted by Crippen LogP contribution is -2.48. The Morgan fingerprint density at radius 1 is 1.07 bits per heavy atom. The number of amides is 3. The number of nitrogens with one attached hydrogen (secondary N) is 4. The maximum atomic E-state index is 12.3. The Morgan fingerprint density at radius 2 is 1.89 bits per heavy atom. The average molecular weight is 379 g/mol. The molecule has 0 saturated heterocycles. The molecule has 3 amide bonds. The summed E-state index contributed by atoms with van der Waals surface area (Å²) < 4.78 is 0. The normalized spacial score (nSPS) is 10.5. The minimum atomic E-state index is -0.450. The van der Waals surface area contributed by atoms with Gasteiger partial charge in [0.25, 0.3) is 5.91 Å². The molecule has 2 aromatic carbocycles. The largest absolute Gasteiger partial charge is 0.370 e. The van der Waals surface area contributed by atoms with E-state index in [-0.39, 0.29) is 5.91 Å². The molecule has 7 heteroatoms. The number of anilines is 1. The number of hydrazine groups is 1. The van der Waals surface area contributed by atoms with Crippen molar-refractivity contribution in [1.29, 1.82) is 0 Å². The van der Waals surface area contributed by atoms with Crippen molar-refractivity contribution in [2.24, 2.45) is 0 Å². The van der Waals surface area contributed by atoms with Crippen molar-refractivity contribution < 1.29 is 9.59 Å². The highest BCUT2D eigenvalue weighted by molar-refractivity contribution is 6.07. The van der Waals surface area contributed by atoms with E-state index in [1.54, 1.807) is 6.20 Å². The minimum Gasteiger partial charge on any atom is -0.370 e. The molecule has 0 fully saturated rings. The summed E-state index contributed by atoms with van der Waals surface area (Å²) in [6, 6.07) is 15.3. The molecule has 3 rings (SSSR count). The van der Waals surface area contributed by atoms with Crippen LogP contribution in [0.4, 0.5) is 10.5 Å². The molecular formula is C21H25N5O2. The van der Waals surface area contributed by atoms with Crippen molar-refractivity contribution >= 4 is 28.5 Å². The van der Waals surface area contributed by atoms with Crippen LogP contribution in [0.5, 0.6) is 0 Å². The van der Waals surface area contributed by atoms with Gasteiger partial charge in [-0.3, -0.25) is 10.2 Å². The fourth-order valence-corrected chi connectivity index (χ4v) is 3.08. The maximum Gasteiger partial charge on any atom is 0.333 e. The summed E-state index contributed by atoms with van der Waals surface area (Å²) >= 11 is 0. The summed E-state index contributed by atoms with van der Waals surface area (Å²) in [5.74, 6) is -0.373. The predicted molar refractivity (Wildman–Crippen MR) is 111 cm³/mol. The molecule has 3 aromatic rings. The Morgan fingerprint density at radius 3 is 2.68 bits per heavy atom. The summed E-state index contributed by atoms with van der Waals surface area (Å²) in [4.78, 5) is 29.5. The number of fused-ring (bicyclic) bond motifs is 1. The molecule has 0 unspecified atom stereocenters. The van der Waals surface area contributed by atoms with Gasteiger partial charge in [0, 0.05) is 42.4 Å². The van der Waals surface area contributed by atoms with Crippen LogP contribution in [-0.2, 0) is 0 Å². The van der Waals surface area contributed by atoms with Gasteiger partial charge < -0.3 is 15.2 Å². The number of aromatic nitrogens is 1. The lowest BCUT2D eigenvalue weighted by molar-refractivity contribution is 0.0938. The third-order valence-electron chi connectivity index (χ3n) is 4.54. The molecule has 0 aliphatic rings. The lowest BCUT2D eigenvalue weighted by atomic mass is 10.2. The van der Waals surface area contributed by atoms with E-state index in [0.717, 1.165) is 23.1 Å². The molecule has 28 heavy (non-hydrogen) atoms. The smallest absolute Gasteiger partial charge is 0.333 e. The first-order chi connectivity index (χ1) is 13.6. The number of H-pyrrole nitrogens is 1. The van der Waals surface area contributed by atoms with Crippen LogP contribution in [0.15, 0.2) is 54.7 Å². The fourth-order valence-electron chi connectivity index (χ4n) is 3.08. The zero-order chi connectivity index (χ0) is 19.9. The molecule has 0 aliphatic carbocycles. The van der Waals surface area contributed by atoms with Gasteiger partial charge in [-0.1, -0.05) is 30.3 Å². The van der Waals surface area contributed by atoms with Gasteiger partial charge in [0.1, 0.15) is 0 Å². The van der Waals surface area contributed by atoms with Gasteiger partial charge in [-0.25, -0.2) is 10.2 Å². The molecule has 1 heterocycles. The second-order valence-corrected chi connectivity index (χ2v) is 6.50. The van der Waals surface area contributed by atoms with Crippen LogP contribution in [0.2, 0.25) is 0 Å². The molecule has 0 aliphatic heterocycles. The number of rotatable bonds is 6. The van der Waals surface area contributed by atoms with Gasteiger partial charge >= 0.3 is 6.03 Å². The predicted octanol–water partition coefficient (Wildman–Crippen LogP) is 2.95. The van der Waals surface area contributed by atoms with Crippen LogP contribution in [0.1, 0.15) is 22.8 Å². The first kappa shape index (κ1) is 19.3. The van der Waals surface area contributed by atoms with Crippen molar-refractivity contribution in [3.63, 3.8) is 0 Å². The standard InChI is InChI=1S/C21H25N5O2/c1-3-26(16-8-6-7-15(2)13-16)12-11-22-21(28)25-24-20(27)18-14-23-19-10-5-4-9-17(18)19/h4-10,13-14,23H,3,11-12H2,1-2H3,(H,24,27)(H2,22,25,28). The van der Waals surface area contributed by atoms with Crippen LogP contribution >= 0.6 is 0 Å². The number of likely N-dealkylation sites (N-methyl/N-ethyl adjacent to an activating group) is 1. The van der Waals surface area contributed by atoms with Gasteiger partial charge in [-0.05, 0) is 37.6 Å². The lowest BCUT2D eigenvalue weighted by Gasteiger charge is -2.23. The number of urea groups is 1. The van der Waals surface area contributed by atoms with E-state index >= 15 is 0 Å². The Labute approximate surface area is 164 Å². The highest BCUT2D eigenvalue weighted by Gasteiger charge is 2.12. The Bertz CT molecular complexity index is 966. The summed E-state index contributed by atoms with van der Waals surface area (Å²) in [5, 5.41) is 3.56. The quantitative estimate of drug-likeness (QED) is 0.497. The summed E-state index contributed by atoms with van der Waals surface area (Å²) in [7, 11) is 0. The third-order valence-corrected chi connectivity index (χ3v) is 4.54. The summed E-state index contributed by atoms with van der Waals surface area (Å²) in [6.07, 6.45) is 1.63. The van der Waals surface area contributed by atoms with Crippen LogP contribution in [0.25, 0.3) is 10.9 Å². The van der Waals surface area contributed by atoms with Crippen molar-refractivity contribution in [1.82, 2.24) is 21.2 Å². The number of para-hydroxylation sites is 1. The van der Waals surface area contributed by atoms with E-state index in [1.807, 2.05) is 30.3 Å². The first-order valence-electron chi connectivity index (χ1n) is 9.30. The molecular weight excluding hydrogens is 354 g/mol. The van der Waals surface area contributed by atoms with Gasteiger partial charge in [0.2, 0.25) is 0 Å². The molecule has 0 saturated carbocycles.